The Kier molecular flexibility index (Phi) is 3.28. The SMILES string of the molecule is O=CN1CC2(CC(c3ccc(S(=O)(=O)C(F)(F)F)cc3)C2)C1. The van der Waals surface area contributed by atoms with Gasteiger partial charge in [-0.1, -0.05) is 12.1 Å². The predicted molar refractivity (Wildman–Crippen MR) is 71.7 cm³/mol. The van der Waals surface area contributed by atoms with Crippen LogP contribution in [0.5, 0.6) is 0 Å². The molecule has 0 radical (unpaired) electrons. The van der Waals surface area contributed by atoms with Crippen LogP contribution in [0, 0.1) is 5.41 Å². The van der Waals surface area contributed by atoms with Crippen molar-refractivity contribution in [2.45, 2.75) is 29.2 Å². The summed E-state index contributed by atoms with van der Waals surface area (Å²) in [6.45, 7) is 1.46. The van der Waals surface area contributed by atoms with Crippen molar-refractivity contribution in [3.05, 3.63) is 29.8 Å². The van der Waals surface area contributed by atoms with E-state index in [0.29, 0.717) is 0 Å². The van der Waals surface area contributed by atoms with Gasteiger partial charge in [0.05, 0.1) is 4.90 Å². The highest BCUT2D eigenvalue weighted by atomic mass is 32.2. The maximum Gasteiger partial charge on any atom is 0.501 e. The van der Waals surface area contributed by atoms with Crippen LogP contribution in [0.1, 0.15) is 24.3 Å². The van der Waals surface area contributed by atoms with Gasteiger partial charge in [0.1, 0.15) is 0 Å². The van der Waals surface area contributed by atoms with Crippen LogP contribution in [0.15, 0.2) is 29.2 Å². The number of carbonyl (C=O) groups is 1. The lowest BCUT2D eigenvalue weighted by atomic mass is 9.56. The van der Waals surface area contributed by atoms with Crippen LogP contribution in [-0.4, -0.2) is 38.3 Å². The molecule has 1 saturated carbocycles. The molecule has 1 aliphatic heterocycles. The van der Waals surface area contributed by atoms with Crippen LogP contribution < -0.4 is 0 Å². The van der Waals surface area contributed by atoms with Gasteiger partial charge in [0, 0.05) is 18.5 Å². The third-order valence-electron chi connectivity index (χ3n) is 4.55. The molecule has 3 rings (SSSR count). The molecule has 22 heavy (non-hydrogen) atoms. The molecule has 1 aromatic carbocycles. The van der Waals surface area contributed by atoms with E-state index in [9.17, 15) is 26.4 Å². The first kappa shape index (κ1) is 15.3. The molecule has 2 aliphatic rings. The Labute approximate surface area is 125 Å². The number of sulfone groups is 1. The van der Waals surface area contributed by atoms with Crippen molar-refractivity contribution in [1.82, 2.24) is 4.90 Å². The second-order valence-corrected chi connectivity index (χ2v) is 8.07. The minimum atomic E-state index is -5.28. The summed E-state index contributed by atoms with van der Waals surface area (Å²) in [5.41, 5.74) is -4.28. The molecule has 1 saturated heterocycles. The number of hydrogen-bond donors (Lipinski definition) is 0. The van der Waals surface area contributed by atoms with Crippen molar-refractivity contribution in [3.63, 3.8) is 0 Å². The van der Waals surface area contributed by atoms with Gasteiger partial charge in [-0.3, -0.25) is 4.79 Å². The normalized spacial score (nSPS) is 21.3. The molecule has 1 heterocycles. The first-order valence-electron chi connectivity index (χ1n) is 6.78. The van der Waals surface area contributed by atoms with Crippen molar-refractivity contribution in [1.29, 1.82) is 0 Å². The monoisotopic (exact) mass is 333 g/mol. The lowest BCUT2D eigenvalue weighted by molar-refractivity contribution is -0.137. The predicted octanol–water partition coefficient (Wildman–Crippen LogP) is 2.32. The third kappa shape index (κ3) is 2.29. The summed E-state index contributed by atoms with van der Waals surface area (Å²) in [6, 6.07) is 4.93. The quantitative estimate of drug-likeness (QED) is 0.798. The van der Waals surface area contributed by atoms with Gasteiger partial charge in [-0.15, -0.1) is 0 Å². The van der Waals surface area contributed by atoms with Crippen LogP contribution in [-0.2, 0) is 14.6 Å². The van der Waals surface area contributed by atoms with Crippen LogP contribution in [0.25, 0.3) is 0 Å². The summed E-state index contributed by atoms with van der Waals surface area (Å²) in [5, 5.41) is 0. The fraction of sp³-hybridized carbons (Fsp3) is 0.500. The zero-order valence-corrected chi connectivity index (χ0v) is 12.3. The number of carbonyl (C=O) groups excluding carboxylic acids is 1. The molecule has 0 unspecified atom stereocenters. The van der Waals surface area contributed by atoms with E-state index in [2.05, 4.69) is 0 Å². The lowest BCUT2D eigenvalue weighted by Crippen LogP contribution is -2.60. The molecule has 120 valence electrons. The van der Waals surface area contributed by atoms with E-state index in [1.807, 2.05) is 0 Å². The second-order valence-electron chi connectivity index (χ2n) is 6.13. The lowest BCUT2D eigenvalue weighted by Gasteiger charge is -2.58. The number of amides is 1. The Bertz CT molecular complexity index is 683. The zero-order chi connectivity index (χ0) is 16.2. The van der Waals surface area contributed by atoms with E-state index < -0.39 is 20.2 Å². The van der Waals surface area contributed by atoms with Crippen LogP contribution >= 0.6 is 0 Å². The highest BCUT2D eigenvalue weighted by molar-refractivity contribution is 7.92. The zero-order valence-electron chi connectivity index (χ0n) is 11.5. The van der Waals surface area contributed by atoms with Gasteiger partial charge in [-0.2, -0.15) is 13.2 Å². The topological polar surface area (TPSA) is 54.5 Å². The van der Waals surface area contributed by atoms with Gasteiger partial charge in [-0.05, 0) is 36.5 Å². The maximum atomic E-state index is 12.5. The Hall–Kier alpha value is -1.57. The summed E-state index contributed by atoms with van der Waals surface area (Å²) in [4.78, 5) is 11.5. The van der Waals surface area contributed by atoms with Gasteiger partial charge < -0.3 is 4.90 Å². The minimum absolute atomic E-state index is 0.155. The Balaban J connectivity index is 1.68. The minimum Gasteiger partial charge on any atom is -0.344 e. The molecule has 0 atom stereocenters. The van der Waals surface area contributed by atoms with Gasteiger partial charge in [0.2, 0.25) is 6.41 Å². The number of nitrogens with zero attached hydrogens (tertiary/aromatic N) is 1. The van der Waals surface area contributed by atoms with Gasteiger partial charge in [-0.25, -0.2) is 8.42 Å². The highest BCUT2D eigenvalue weighted by Crippen LogP contribution is 2.55. The number of benzene rings is 1. The van der Waals surface area contributed by atoms with Crippen LogP contribution in [0.3, 0.4) is 0 Å². The van der Waals surface area contributed by atoms with E-state index in [0.717, 1.165) is 50.0 Å². The summed E-state index contributed by atoms with van der Waals surface area (Å²) in [6.07, 6.45) is 2.57. The molecular formula is C14H14F3NO3S. The van der Waals surface area contributed by atoms with Gasteiger partial charge in [0.15, 0.2) is 0 Å². The Morgan fingerprint density at radius 3 is 2.14 bits per heavy atom. The van der Waals surface area contributed by atoms with E-state index in [-0.39, 0.29) is 11.3 Å². The van der Waals surface area contributed by atoms with Gasteiger partial charge >= 0.3 is 5.51 Å². The van der Waals surface area contributed by atoms with Crippen molar-refractivity contribution >= 4 is 16.2 Å². The van der Waals surface area contributed by atoms with Crippen LogP contribution in [0.4, 0.5) is 13.2 Å². The average Bonchev–Trinajstić information content (AvgIpc) is 2.35. The number of likely N-dealkylation sites (tertiary alicyclic amines) is 1. The summed E-state index contributed by atoms with van der Waals surface area (Å²) >= 11 is 0. The van der Waals surface area contributed by atoms with Crippen LogP contribution in [0.2, 0.25) is 0 Å². The first-order valence-corrected chi connectivity index (χ1v) is 8.26. The van der Waals surface area contributed by atoms with Crippen molar-refractivity contribution < 1.29 is 26.4 Å². The molecule has 8 heteroatoms. The van der Waals surface area contributed by atoms with Crippen molar-refractivity contribution in [3.8, 4) is 0 Å². The smallest absolute Gasteiger partial charge is 0.344 e. The van der Waals surface area contributed by atoms with Gasteiger partial charge in [0.25, 0.3) is 9.84 Å². The largest absolute Gasteiger partial charge is 0.501 e. The molecule has 2 fully saturated rings. The molecule has 0 bridgehead atoms. The van der Waals surface area contributed by atoms with E-state index in [4.69, 9.17) is 0 Å². The molecular weight excluding hydrogens is 319 g/mol. The molecule has 0 aromatic heterocycles. The number of halogens is 3. The summed E-state index contributed by atoms with van der Waals surface area (Å²) in [7, 11) is -5.28. The van der Waals surface area contributed by atoms with E-state index >= 15 is 0 Å². The van der Waals surface area contributed by atoms with Crippen molar-refractivity contribution in [2.24, 2.45) is 5.41 Å². The molecule has 4 nitrogen and oxygen atoms in total. The Morgan fingerprint density at radius 2 is 1.68 bits per heavy atom. The average molecular weight is 333 g/mol. The summed E-state index contributed by atoms with van der Waals surface area (Å²) in [5.74, 6) is 0.219. The molecule has 1 aliphatic carbocycles. The standard InChI is InChI=1S/C14H14F3NO3S/c15-14(16,17)22(20,21)12-3-1-10(2-4-12)11-5-13(6-11)7-18(8-13)9-19/h1-4,9,11H,5-8H2. The highest BCUT2D eigenvalue weighted by Gasteiger charge is 2.52. The fourth-order valence-electron chi connectivity index (χ4n) is 3.42. The molecule has 1 aromatic rings. The second kappa shape index (κ2) is 4.71. The first-order chi connectivity index (χ1) is 10.2. The van der Waals surface area contributed by atoms with Crippen molar-refractivity contribution in [2.75, 3.05) is 13.1 Å². The number of hydrogen-bond acceptors (Lipinski definition) is 3. The number of rotatable bonds is 3. The molecule has 0 N–H and O–H groups in total. The Morgan fingerprint density at radius 1 is 1.14 bits per heavy atom. The number of alkyl halides is 3. The summed E-state index contributed by atoms with van der Waals surface area (Å²) < 4.78 is 59.9. The van der Waals surface area contributed by atoms with E-state index in [1.54, 1.807) is 4.90 Å². The molecule has 1 spiro atoms. The maximum absolute atomic E-state index is 12.5. The fourth-order valence-corrected chi connectivity index (χ4v) is 4.18. The molecule has 1 amide bonds. The third-order valence-corrected chi connectivity index (χ3v) is 6.05. The van der Waals surface area contributed by atoms with E-state index in [1.165, 1.54) is 12.1 Å².